The van der Waals surface area contributed by atoms with E-state index in [9.17, 15) is 18.0 Å². The van der Waals surface area contributed by atoms with Crippen molar-refractivity contribution in [2.24, 2.45) is 7.05 Å². The molecule has 4 heterocycles. The second-order valence-corrected chi connectivity index (χ2v) is 7.35. The van der Waals surface area contributed by atoms with Crippen molar-refractivity contribution < 1.29 is 18.0 Å². The van der Waals surface area contributed by atoms with Gasteiger partial charge in [-0.15, -0.1) is 10.2 Å². The summed E-state index contributed by atoms with van der Waals surface area (Å²) in [6.07, 6.45) is 1.14. The van der Waals surface area contributed by atoms with Gasteiger partial charge in [0.05, 0.1) is 23.0 Å². The zero-order valence-corrected chi connectivity index (χ0v) is 16.5. The van der Waals surface area contributed by atoms with Crippen LogP contribution in [0.1, 0.15) is 46.2 Å². The number of nitrogens with zero attached hydrogens (tertiary/aromatic N) is 7. The van der Waals surface area contributed by atoms with Gasteiger partial charge in [-0.25, -0.2) is 9.67 Å². The smallest absolute Gasteiger partial charge is 0.338 e. The van der Waals surface area contributed by atoms with Gasteiger partial charge in [0.25, 0.3) is 5.91 Å². The molecule has 30 heavy (non-hydrogen) atoms. The van der Waals surface area contributed by atoms with E-state index in [4.69, 9.17) is 0 Å². The summed E-state index contributed by atoms with van der Waals surface area (Å²) in [7, 11) is 1.88. The van der Waals surface area contributed by atoms with E-state index < -0.39 is 11.7 Å². The van der Waals surface area contributed by atoms with Crippen molar-refractivity contribution in [1.82, 2.24) is 34.4 Å². The number of piperidine rings is 1. The molecule has 3 aromatic heterocycles. The van der Waals surface area contributed by atoms with Crippen LogP contribution in [0.15, 0.2) is 30.9 Å². The molecule has 1 atom stereocenters. The van der Waals surface area contributed by atoms with E-state index in [0.717, 1.165) is 30.9 Å². The maximum absolute atomic E-state index is 13.1. The lowest BCUT2D eigenvalue weighted by molar-refractivity contribution is -0.137. The highest BCUT2D eigenvalue weighted by molar-refractivity contribution is 5.95. The van der Waals surface area contributed by atoms with E-state index >= 15 is 0 Å². The molecule has 0 bridgehead atoms. The van der Waals surface area contributed by atoms with Gasteiger partial charge in [-0.2, -0.15) is 18.3 Å². The third kappa shape index (κ3) is 3.66. The maximum atomic E-state index is 13.1. The minimum absolute atomic E-state index is 0.0992. The number of pyridine rings is 1. The van der Waals surface area contributed by atoms with Crippen LogP contribution in [0, 0.1) is 6.92 Å². The molecule has 158 valence electrons. The van der Waals surface area contributed by atoms with Crippen LogP contribution in [-0.2, 0) is 13.2 Å². The summed E-state index contributed by atoms with van der Waals surface area (Å²) < 4.78 is 41.5. The molecular formula is C19H20F3N7O. The molecule has 3 aromatic rings. The minimum atomic E-state index is -4.46. The molecule has 4 rings (SSSR count). The molecule has 8 nitrogen and oxygen atoms in total. The summed E-state index contributed by atoms with van der Waals surface area (Å²) in [5, 5.41) is 12.3. The zero-order valence-electron chi connectivity index (χ0n) is 16.5. The van der Waals surface area contributed by atoms with Crippen molar-refractivity contribution in [1.29, 1.82) is 0 Å². The fraction of sp³-hybridized carbons (Fsp3) is 0.421. The Labute approximate surface area is 170 Å². The highest BCUT2D eigenvalue weighted by atomic mass is 19.4. The fourth-order valence-electron chi connectivity index (χ4n) is 3.73. The average molecular weight is 419 g/mol. The molecule has 1 fully saturated rings. The SMILES string of the molecule is Cc1c(C(=O)N2CCC[C@@H](c3nncn3C)C2)cnn1-c1ccc(C(F)(F)F)cn1. The predicted molar refractivity (Wildman–Crippen MR) is 100.0 cm³/mol. The number of rotatable bonds is 3. The van der Waals surface area contributed by atoms with Crippen LogP contribution in [0.4, 0.5) is 13.2 Å². The molecule has 1 saturated heterocycles. The van der Waals surface area contributed by atoms with Gasteiger partial charge in [0.2, 0.25) is 0 Å². The Morgan fingerprint density at radius 3 is 2.67 bits per heavy atom. The molecule has 1 amide bonds. The average Bonchev–Trinajstić information content (AvgIpc) is 3.32. The summed E-state index contributed by atoms with van der Waals surface area (Å²) in [5.41, 5.74) is 0.0823. The van der Waals surface area contributed by atoms with Gasteiger partial charge in [-0.05, 0) is 31.9 Å². The van der Waals surface area contributed by atoms with E-state index in [1.54, 1.807) is 18.2 Å². The van der Waals surface area contributed by atoms with E-state index in [1.165, 1.54) is 16.9 Å². The number of carbonyl (C=O) groups excluding carboxylic acids is 1. The van der Waals surface area contributed by atoms with Crippen molar-refractivity contribution in [3.8, 4) is 5.82 Å². The van der Waals surface area contributed by atoms with Gasteiger partial charge < -0.3 is 9.47 Å². The number of carbonyl (C=O) groups is 1. The van der Waals surface area contributed by atoms with Crippen LogP contribution in [0.5, 0.6) is 0 Å². The third-order valence-electron chi connectivity index (χ3n) is 5.35. The van der Waals surface area contributed by atoms with Gasteiger partial charge in [0, 0.05) is 32.3 Å². The third-order valence-corrected chi connectivity index (χ3v) is 5.35. The first-order chi connectivity index (χ1) is 14.3. The number of halogens is 3. The zero-order chi connectivity index (χ0) is 21.5. The summed E-state index contributed by atoms with van der Waals surface area (Å²) in [6, 6.07) is 2.18. The van der Waals surface area contributed by atoms with Gasteiger partial charge >= 0.3 is 6.18 Å². The lowest BCUT2D eigenvalue weighted by Gasteiger charge is -2.32. The Hall–Kier alpha value is -3.24. The first kappa shape index (κ1) is 20.0. The van der Waals surface area contributed by atoms with Gasteiger partial charge in [-0.3, -0.25) is 4.79 Å². The first-order valence-corrected chi connectivity index (χ1v) is 9.47. The van der Waals surface area contributed by atoms with Crippen LogP contribution in [0.25, 0.3) is 5.82 Å². The Morgan fingerprint density at radius 1 is 1.23 bits per heavy atom. The second-order valence-electron chi connectivity index (χ2n) is 7.35. The quantitative estimate of drug-likeness (QED) is 0.652. The Kier molecular flexibility index (Phi) is 5.04. The minimum Gasteiger partial charge on any atom is -0.338 e. The fourth-order valence-corrected chi connectivity index (χ4v) is 3.73. The highest BCUT2D eigenvalue weighted by Crippen LogP contribution is 2.29. The molecule has 11 heteroatoms. The van der Waals surface area contributed by atoms with Gasteiger partial charge in [-0.1, -0.05) is 0 Å². The molecule has 0 unspecified atom stereocenters. The van der Waals surface area contributed by atoms with Crippen LogP contribution in [-0.4, -0.2) is 53.4 Å². The van der Waals surface area contributed by atoms with Crippen molar-refractivity contribution in [3.63, 3.8) is 0 Å². The van der Waals surface area contributed by atoms with E-state index in [2.05, 4.69) is 20.3 Å². The summed E-state index contributed by atoms with van der Waals surface area (Å²) in [5.74, 6) is 0.990. The van der Waals surface area contributed by atoms with Crippen LogP contribution in [0.2, 0.25) is 0 Å². The number of aromatic nitrogens is 6. The van der Waals surface area contributed by atoms with E-state index in [1.807, 2.05) is 11.6 Å². The topological polar surface area (TPSA) is 81.7 Å². The van der Waals surface area contributed by atoms with Crippen molar-refractivity contribution in [2.75, 3.05) is 13.1 Å². The number of hydrogen-bond donors (Lipinski definition) is 0. The number of hydrogen-bond acceptors (Lipinski definition) is 5. The Morgan fingerprint density at radius 2 is 2.03 bits per heavy atom. The lowest BCUT2D eigenvalue weighted by Crippen LogP contribution is -2.39. The number of aryl methyl sites for hydroxylation is 1. The summed E-state index contributed by atoms with van der Waals surface area (Å²) in [6.45, 7) is 2.84. The molecule has 0 radical (unpaired) electrons. The number of alkyl halides is 3. The van der Waals surface area contributed by atoms with Crippen molar-refractivity contribution >= 4 is 5.91 Å². The highest BCUT2D eigenvalue weighted by Gasteiger charge is 2.32. The van der Waals surface area contributed by atoms with Crippen LogP contribution < -0.4 is 0 Å². The van der Waals surface area contributed by atoms with Gasteiger partial charge in [0.1, 0.15) is 12.2 Å². The van der Waals surface area contributed by atoms with Crippen LogP contribution >= 0.6 is 0 Å². The lowest BCUT2D eigenvalue weighted by atomic mass is 9.96. The van der Waals surface area contributed by atoms with Crippen molar-refractivity contribution in [2.45, 2.75) is 31.9 Å². The predicted octanol–water partition coefficient (Wildman–Crippen LogP) is 2.74. The second kappa shape index (κ2) is 7.54. The van der Waals surface area contributed by atoms with Crippen molar-refractivity contribution in [3.05, 3.63) is 53.5 Å². The monoisotopic (exact) mass is 419 g/mol. The standard InChI is InChI=1S/C19H20F3N7O/c1-12-15(9-25-29(12)16-6-5-14(8-23-16)19(20,21)22)18(30)28-7-3-4-13(10-28)17-26-24-11-27(17)2/h5-6,8-9,11,13H,3-4,7,10H2,1-2H3/t13-/m1/s1. The maximum Gasteiger partial charge on any atom is 0.417 e. The van der Waals surface area contributed by atoms with Gasteiger partial charge in [0.15, 0.2) is 5.82 Å². The summed E-state index contributed by atoms with van der Waals surface area (Å²) >= 11 is 0. The number of amides is 1. The molecule has 1 aliphatic heterocycles. The molecule has 0 aromatic carbocycles. The molecule has 0 aliphatic carbocycles. The Balaban J connectivity index is 1.54. The normalized spacial score (nSPS) is 17.4. The molecular weight excluding hydrogens is 399 g/mol. The molecule has 1 aliphatic rings. The molecule has 0 saturated carbocycles. The largest absolute Gasteiger partial charge is 0.417 e. The van der Waals surface area contributed by atoms with E-state index in [0.29, 0.717) is 24.3 Å². The Bertz CT molecular complexity index is 1060. The molecule has 0 spiro atoms. The first-order valence-electron chi connectivity index (χ1n) is 9.47. The number of likely N-dealkylation sites (tertiary alicyclic amines) is 1. The van der Waals surface area contributed by atoms with Crippen LogP contribution in [0.3, 0.4) is 0 Å². The van der Waals surface area contributed by atoms with E-state index in [-0.39, 0.29) is 17.6 Å². The molecule has 0 N–H and O–H groups in total. The summed E-state index contributed by atoms with van der Waals surface area (Å²) in [4.78, 5) is 18.7.